The molecule has 0 spiro atoms. The van der Waals surface area contributed by atoms with Crippen molar-refractivity contribution in [3.63, 3.8) is 0 Å². The van der Waals surface area contributed by atoms with E-state index in [1.165, 1.54) is 7.11 Å². The molecule has 0 aromatic heterocycles. The molecule has 0 amide bonds. The van der Waals surface area contributed by atoms with Crippen molar-refractivity contribution in [2.24, 2.45) is 0 Å². The largest absolute Gasteiger partial charge is 0.497 e. The minimum atomic E-state index is -0.426. The molecular weight excluding hydrogens is 532 g/mol. The monoisotopic (exact) mass is 564 g/mol. The van der Waals surface area contributed by atoms with Crippen molar-refractivity contribution in [3.05, 3.63) is 118 Å². The van der Waals surface area contributed by atoms with Crippen LogP contribution in [0, 0.1) is 0 Å². The molecular formula is C35H32O7. The van der Waals surface area contributed by atoms with Gasteiger partial charge in [-0.25, -0.2) is 4.79 Å². The van der Waals surface area contributed by atoms with Gasteiger partial charge in [0.25, 0.3) is 0 Å². The fraction of sp³-hybridized carbons (Fsp3) is 0.229. The van der Waals surface area contributed by atoms with Gasteiger partial charge in [-0.15, -0.1) is 0 Å². The summed E-state index contributed by atoms with van der Waals surface area (Å²) in [5.41, 5.74) is 5.73. The smallest absolute Gasteiger partial charge is 0.335 e. The SMILES string of the molecule is CCCOc1ccc2c(c1)C(c1ccc(OC)cc1OCc1ccccc1)=C(C(=O)OC)C2c1ccc2c(c1)OCO2. The zero-order valence-electron chi connectivity index (χ0n) is 23.8. The molecule has 0 bridgehead atoms. The van der Waals surface area contributed by atoms with Crippen molar-refractivity contribution >= 4 is 11.5 Å². The highest BCUT2D eigenvalue weighted by atomic mass is 16.7. The zero-order valence-corrected chi connectivity index (χ0v) is 23.8. The maximum Gasteiger partial charge on any atom is 0.335 e. The maximum atomic E-state index is 13.7. The lowest BCUT2D eigenvalue weighted by molar-refractivity contribution is -0.136. The van der Waals surface area contributed by atoms with Gasteiger partial charge in [0.2, 0.25) is 6.79 Å². The van der Waals surface area contributed by atoms with Gasteiger partial charge in [-0.1, -0.05) is 49.4 Å². The van der Waals surface area contributed by atoms with E-state index in [2.05, 4.69) is 6.92 Å². The number of hydrogen-bond acceptors (Lipinski definition) is 7. The molecule has 4 aromatic rings. The first-order valence-electron chi connectivity index (χ1n) is 14.0. The molecule has 214 valence electrons. The Hall–Kier alpha value is -4.91. The second kappa shape index (κ2) is 11.9. The van der Waals surface area contributed by atoms with Crippen molar-refractivity contribution in [3.8, 4) is 28.7 Å². The quantitative estimate of drug-likeness (QED) is 0.194. The van der Waals surface area contributed by atoms with Crippen LogP contribution >= 0.6 is 0 Å². The minimum Gasteiger partial charge on any atom is -0.497 e. The molecule has 1 heterocycles. The van der Waals surface area contributed by atoms with Crippen molar-refractivity contribution in [2.45, 2.75) is 25.9 Å². The molecule has 1 atom stereocenters. The van der Waals surface area contributed by atoms with Crippen LogP contribution < -0.4 is 23.7 Å². The van der Waals surface area contributed by atoms with Crippen LogP contribution in [0.4, 0.5) is 0 Å². The van der Waals surface area contributed by atoms with Crippen LogP contribution in [-0.2, 0) is 16.1 Å². The number of rotatable bonds is 10. The third-order valence-electron chi connectivity index (χ3n) is 7.47. The minimum absolute atomic E-state index is 0.164. The third kappa shape index (κ3) is 5.14. The number of ether oxygens (including phenoxy) is 6. The highest BCUT2D eigenvalue weighted by Crippen LogP contribution is 2.52. The first kappa shape index (κ1) is 27.3. The van der Waals surface area contributed by atoms with Crippen LogP contribution in [0.3, 0.4) is 0 Å². The molecule has 1 aliphatic heterocycles. The van der Waals surface area contributed by atoms with E-state index in [0.717, 1.165) is 45.6 Å². The lowest BCUT2D eigenvalue weighted by atomic mass is 9.87. The van der Waals surface area contributed by atoms with Crippen molar-refractivity contribution < 1.29 is 33.2 Å². The number of carbonyl (C=O) groups excluding carboxylic acids is 1. The van der Waals surface area contributed by atoms with Crippen LogP contribution in [0.5, 0.6) is 28.7 Å². The van der Waals surface area contributed by atoms with E-state index >= 15 is 0 Å². The van der Waals surface area contributed by atoms with Crippen LogP contribution in [0.1, 0.15) is 47.1 Å². The van der Waals surface area contributed by atoms with Crippen LogP contribution in [0.25, 0.3) is 5.57 Å². The lowest BCUT2D eigenvalue weighted by Crippen LogP contribution is -2.13. The standard InChI is InChI=1S/C35H32O7/c1-4-16-39-25-12-13-26-28(18-25)33(27-14-11-24(37-2)19-30(27)40-20-22-8-6-5-7-9-22)34(35(36)38-3)32(26)23-10-15-29-31(17-23)42-21-41-29/h5-15,17-19,32H,4,16,20-21H2,1-3H3. The zero-order chi connectivity index (χ0) is 29.1. The fourth-order valence-corrected chi connectivity index (χ4v) is 5.51. The average Bonchev–Trinajstić information content (AvgIpc) is 3.64. The summed E-state index contributed by atoms with van der Waals surface area (Å²) in [6.07, 6.45) is 0.878. The van der Waals surface area contributed by atoms with E-state index in [0.29, 0.717) is 41.8 Å². The van der Waals surface area contributed by atoms with Crippen molar-refractivity contribution in [1.82, 2.24) is 0 Å². The number of esters is 1. The molecule has 6 rings (SSSR count). The molecule has 0 fully saturated rings. The molecule has 1 unspecified atom stereocenters. The highest BCUT2D eigenvalue weighted by Gasteiger charge is 2.39. The van der Waals surface area contributed by atoms with Gasteiger partial charge in [0, 0.05) is 23.1 Å². The summed E-state index contributed by atoms with van der Waals surface area (Å²) in [4.78, 5) is 13.7. The number of benzene rings is 4. The van der Waals surface area contributed by atoms with Crippen molar-refractivity contribution in [2.75, 3.05) is 27.6 Å². The normalized spacial score (nSPS) is 14.9. The number of hydrogen-bond donors (Lipinski definition) is 0. The first-order valence-corrected chi connectivity index (χ1v) is 14.0. The Balaban J connectivity index is 1.56. The lowest BCUT2D eigenvalue weighted by Gasteiger charge is -2.18. The van der Waals surface area contributed by atoms with Gasteiger partial charge < -0.3 is 28.4 Å². The van der Waals surface area contributed by atoms with Gasteiger partial charge in [0.1, 0.15) is 23.9 Å². The average molecular weight is 565 g/mol. The summed E-state index contributed by atoms with van der Waals surface area (Å²) >= 11 is 0. The summed E-state index contributed by atoms with van der Waals surface area (Å²) in [6.45, 7) is 3.16. The Morgan fingerprint density at radius 3 is 2.43 bits per heavy atom. The second-order valence-electron chi connectivity index (χ2n) is 10.1. The second-order valence-corrected chi connectivity index (χ2v) is 10.1. The fourth-order valence-electron chi connectivity index (χ4n) is 5.51. The molecule has 4 aromatic carbocycles. The van der Waals surface area contributed by atoms with Gasteiger partial charge in [0.15, 0.2) is 11.5 Å². The number of methoxy groups -OCH3 is 2. The van der Waals surface area contributed by atoms with Gasteiger partial charge in [-0.3, -0.25) is 0 Å². The molecule has 7 heteroatoms. The summed E-state index contributed by atoms with van der Waals surface area (Å²) < 4.78 is 34.7. The molecule has 0 radical (unpaired) electrons. The molecule has 0 saturated heterocycles. The topological polar surface area (TPSA) is 72.5 Å². The van der Waals surface area contributed by atoms with E-state index in [-0.39, 0.29) is 6.79 Å². The molecule has 2 aliphatic rings. The highest BCUT2D eigenvalue weighted by molar-refractivity contribution is 6.08. The summed E-state index contributed by atoms with van der Waals surface area (Å²) in [5, 5.41) is 0. The van der Waals surface area contributed by atoms with E-state index < -0.39 is 11.9 Å². The van der Waals surface area contributed by atoms with Gasteiger partial charge in [0.05, 0.1) is 26.4 Å². The van der Waals surface area contributed by atoms with Gasteiger partial charge >= 0.3 is 5.97 Å². The Morgan fingerprint density at radius 1 is 0.833 bits per heavy atom. The molecule has 7 nitrogen and oxygen atoms in total. The van der Waals surface area contributed by atoms with E-state index in [1.54, 1.807) is 7.11 Å². The van der Waals surface area contributed by atoms with E-state index in [1.807, 2.05) is 84.9 Å². The molecule has 1 aliphatic carbocycles. The van der Waals surface area contributed by atoms with E-state index in [9.17, 15) is 4.79 Å². The maximum absolute atomic E-state index is 13.7. The Labute approximate surface area is 245 Å². The first-order chi connectivity index (χ1) is 20.6. The third-order valence-corrected chi connectivity index (χ3v) is 7.47. The molecule has 0 N–H and O–H groups in total. The summed E-state index contributed by atoms with van der Waals surface area (Å²) in [7, 11) is 3.02. The van der Waals surface area contributed by atoms with Crippen LogP contribution in [0.15, 0.2) is 90.5 Å². The number of carbonyl (C=O) groups is 1. The van der Waals surface area contributed by atoms with Gasteiger partial charge in [-0.05, 0) is 65.1 Å². The molecule has 0 saturated carbocycles. The number of fused-ring (bicyclic) bond motifs is 2. The van der Waals surface area contributed by atoms with Gasteiger partial charge in [-0.2, -0.15) is 0 Å². The predicted molar refractivity (Wildman–Crippen MR) is 158 cm³/mol. The van der Waals surface area contributed by atoms with E-state index in [4.69, 9.17) is 28.4 Å². The van der Waals surface area contributed by atoms with Crippen LogP contribution in [0.2, 0.25) is 0 Å². The summed E-state index contributed by atoms with van der Waals surface area (Å²) in [5.74, 6) is 2.44. The Morgan fingerprint density at radius 2 is 1.64 bits per heavy atom. The van der Waals surface area contributed by atoms with Crippen molar-refractivity contribution in [1.29, 1.82) is 0 Å². The molecule has 42 heavy (non-hydrogen) atoms. The Bertz CT molecular complexity index is 1640. The predicted octanol–water partition coefficient (Wildman–Crippen LogP) is 6.91. The summed E-state index contributed by atoms with van der Waals surface area (Å²) in [6, 6.07) is 27.4. The Kier molecular flexibility index (Phi) is 7.73. The van der Waals surface area contributed by atoms with Crippen LogP contribution in [-0.4, -0.2) is 33.6 Å².